The fraction of sp³-hybridized carbons (Fsp3) is 0.556. The number of fused-ring (bicyclic) bond motifs is 1. The number of sulfonamides is 1. The Hall–Kier alpha value is -1.53. The number of hydrogen-bond acceptors (Lipinski definition) is 4. The molecule has 0 radical (unpaired) electrons. The lowest BCUT2D eigenvalue weighted by Crippen LogP contribution is -2.30. The highest BCUT2D eigenvalue weighted by atomic mass is 32.2. The first-order valence-electron chi connectivity index (χ1n) is 8.65. The molecule has 5 nitrogen and oxygen atoms in total. The van der Waals surface area contributed by atoms with Gasteiger partial charge in [0, 0.05) is 36.6 Å². The average Bonchev–Trinajstić information content (AvgIpc) is 2.80. The molecule has 24 heavy (non-hydrogen) atoms. The maximum Gasteiger partial charge on any atom is 0.211 e. The van der Waals surface area contributed by atoms with Gasteiger partial charge in [-0.15, -0.1) is 0 Å². The molecular weight excluding hydrogens is 322 g/mol. The van der Waals surface area contributed by atoms with Crippen molar-refractivity contribution in [3.8, 4) is 0 Å². The van der Waals surface area contributed by atoms with Crippen LogP contribution in [0.3, 0.4) is 0 Å². The molecule has 0 bridgehead atoms. The number of pyridine rings is 2. The van der Waals surface area contributed by atoms with Crippen molar-refractivity contribution in [2.75, 3.05) is 19.3 Å². The summed E-state index contributed by atoms with van der Waals surface area (Å²) < 4.78 is 25.2. The predicted molar refractivity (Wildman–Crippen MR) is 96.4 cm³/mol. The summed E-state index contributed by atoms with van der Waals surface area (Å²) >= 11 is 0. The first-order valence-corrected chi connectivity index (χ1v) is 10.5. The zero-order valence-corrected chi connectivity index (χ0v) is 15.2. The van der Waals surface area contributed by atoms with Crippen LogP contribution in [0.2, 0.25) is 0 Å². The van der Waals surface area contributed by atoms with E-state index >= 15 is 0 Å². The van der Waals surface area contributed by atoms with Gasteiger partial charge in [0.1, 0.15) is 0 Å². The molecule has 0 saturated carbocycles. The molecule has 0 N–H and O–H groups in total. The summed E-state index contributed by atoms with van der Waals surface area (Å²) in [6.45, 7) is 3.40. The molecule has 1 atom stereocenters. The van der Waals surface area contributed by atoms with E-state index in [9.17, 15) is 8.42 Å². The molecule has 0 amide bonds. The third kappa shape index (κ3) is 3.92. The van der Waals surface area contributed by atoms with Gasteiger partial charge >= 0.3 is 0 Å². The molecule has 0 aromatic carbocycles. The van der Waals surface area contributed by atoms with Gasteiger partial charge in [-0.1, -0.05) is 6.92 Å². The van der Waals surface area contributed by atoms with Crippen LogP contribution in [0.5, 0.6) is 0 Å². The minimum atomic E-state index is -3.08. The van der Waals surface area contributed by atoms with Crippen LogP contribution in [0.15, 0.2) is 24.5 Å². The molecule has 0 aliphatic carbocycles. The second kappa shape index (κ2) is 7.15. The highest BCUT2D eigenvalue weighted by Crippen LogP contribution is 2.26. The minimum absolute atomic E-state index is 0.507. The highest BCUT2D eigenvalue weighted by molar-refractivity contribution is 7.88. The van der Waals surface area contributed by atoms with Crippen molar-refractivity contribution in [1.29, 1.82) is 0 Å². The van der Waals surface area contributed by atoms with Gasteiger partial charge < -0.3 is 0 Å². The maximum absolute atomic E-state index is 11.8. The molecule has 130 valence electrons. The summed E-state index contributed by atoms with van der Waals surface area (Å²) in [4.78, 5) is 8.94. The van der Waals surface area contributed by atoms with Crippen LogP contribution < -0.4 is 0 Å². The summed E-state index contributed by atoms with van der Waals surface area (Å²) in [6.07, 6.45) is 9.79. The van der Waals surface area contributed by atoms with Gasteiger partial charge in [0.2, 0.25) is 10.0 Å². The summed E-state index contributed by atoms with van der Waals surface area (Å²) in [5, 5.41) is 1.12. The van der Waals surface area contributed by atoms with Crippen molar-refractivity contribution in [2.45, 2.75) is 39.0 Å². The summed E-state index contributed by atoms with van der Waals surface area (Å²) in [6, 6.07) is 4.17. The van der Waals surface area contributed by atoms with Crippen LogP contribution in [0, 0.1) is 5.92 Å². The van der Waals surface area contributed by atoms with Crippen molar-refractivity contribution < 1.29 is 8.42 Å². The van der Waals surface area contributed by atoms with Crippen LogP contribution in [-0.4, -0.2) is 42.0 Å². The van der Waals surface area contributed by atoms with E-state index in [-0.39, 0.29) is 0 Å². The van der Waals surface area contributed by atoms with E-state index in [1.807, 2.05) is 12.3 Å². The largest absolute Gasteiger partial charge is 0.264 e. The molecule has 0 unspecified atom stereocenters. The zero-order chi connectivity index (χ0) is 17.2. The van der Waals surface area contributed by atoms with E-state index in [1.165, 1.54) is 11.8 Å². The van der Waals surface area contributed by atoms with E-state index in [0.717, 1.165) is 48.7 Å². The third-order valence-electron chi connectivity index (χ3n) is 4.90. The number of aryl methyl sites for hydroxylation is 1. The molecule has 0 spiro atoms. The van der Waals surface area contributed by atoms with Gasteiger partial charge in [0.25, 0.3) is 0 Å². The van der Waals surface area contributed by atoms with Gasteiger partial charge in [-0.25, -0.2) is 12.7 Å². The molecule has 1 fully saturated rings. The van der Waals surface area contributed by atoms with Gasteiger partial charge in [-0.2, -0.15) is 0 Å². The van der Waals surface area contributed by atoms with Crippen LogP contribution in [0.25, 0.3) is 10.9 Å². The van der Waals surface area contributed by atoms with E-state index in [0.29, 0.717) is 19.0 Å². The van der Waals surface area contributed by atoms with Crippen molar-refractivity contribution in [1.82, 2.24) is 14.3 Å². The van der Waals surface area contributed by atoms with E-state index in [1.54, 1.807) is 10.5 Å². The van der Waals surface area contributed by atoms with Gasteiger partial charge in [-0.05, 0) is 55.7 Å². The Morgan fingerprint density at radius 2 is 2.12 bits per heavy atom. The van der Waals surface area contributed by atoms with E-state index in [4.69, 9.17) is 0 Å². The Morgan fingerprint density at radius 1 is 1.29 bits per heavy atom. The number of hydrogen-bond donors (Lipinski definition) is 0. The Balaban J connectivity index is 1.82. The molecule has 3 heterocycles. The Morgan fingerprint density at radius 3 is 2.88 bits per heavy atom. The minimum Gasteiger partial charge on any atom is -0.264 e. The fourth-order valence-electron chi connectivity index (χ4n) is 3.53. The standard InChI is InChI=1S/C18H25N3O2S/c1-3-16-12-15(17-13-19-8-6-18(17)20-16)11-14-5-4-9-21(10-7-14)24(2,22)23/h6,8,12-14H,3-5,7,9-11H2,1-2H3/t14-/m1/s1. The molecule has 2 aromatic heterocycles. The van der Waals surface area contributed by atoms with Crippen molar-refractivity contribution >= 4 is 20.9 Å². The zero-order valence-electron chi connectivity index (χ0n) is 14.4. The SMILES string of the molecule is CCc1cc(C[C@@H]2CCCN(S(C)(=O)=O)CC2)c2cnccc2n1. The number of rotatable bonds is 4. The van der Waals surface area contributed by atoms with Crippen LogP contribution in [0.4, 0.5) is 0 Å². The Labute approximate surface area is 144 Å². The molecule has 3 rings (SSSR count). The number of nitrogens with zero attached hydrogens (tertiary/aromatic N) is 3. The Bertz CT molecular complexity index is 820. The molecule has 6 heteroatoms. The smallest absolute Gasteiger partial charge is 0.211 e. The first-order chi connectivity index (χ1) is 11.5. The summed E-state index contributed by atoms with van der Waals surface area (Å²) in [7, 11) is -3.08. The van der Waals surface area contributed by atoms with Crippen LogP contribution in [-0.2, 0) is 22.9 Å². The molecule has 1 aliphatic heterocycles. The molecule has 1 saturated heterocycles. The molecule has 1 aliphatic rings. The van der Waals surface area contributed by atoms with Gasteiger partial charge in [-0.3, -0.25) is 9.97 Å². The third-order valence-corrected chi connectivity index (χ3v) is 6.20. The maximum atomic E-state index is 11.8. The monoisotopic (exact) mass is 347 g/mol. The molecular formula is C18H25N3O2S. The lowest BCUT2D eigenvalue weighted by atomic mass is 9.91. The second-order valence-electron chi connectivity index (χ2n) is 6.68. The predicted octanol–water partition coefficient (Wildman–Crippen LogP) is 2.80. The highest BCUT2D eigenvalue weighted by Gasteiger charge is 2.23. The molecule has 2 aromatic rings. The Kier molecular flexibility index (Phi) is 5.15. The van der Waals surface area contributed by atoms with Crippen LogP contribution >= 0.6 is 0 Å². The van der Waals surface area contributed by atoms with Gasteiger partial charge in [0.05, 0.1) is 11.8 Å². The normalized spacial score (nSPS) is 20.2. The fourth-order valence-corrected chi connectivity index (χ4v) is 4.43. The van der Waals surface area contributed by atoms with E-state index < -0.39 is 10.0 Å². The number of aromatic nitrogens is 2. The van der Waals surface area contributed by atoms with Gasteiger partial charge in [0.15, 0.2) is 0 Å². The van der Waals surface area contributed by atoms with Crippen LogP contribution in [0.1, 0.15) is 37.4 Å². The lowest BCUT2D eigenvalue weighted by Gasteiger charge is -2.18. The summed E-state index contributed by atoms with van der Waals surface area (Å²) in [5.41, 5.74) is 3.41. The van der Waals surface area contributed by atoms with Crippen molar-refractivity contribution in [3.05, 3.63) is 35.8 Å². The van der Waals surface area contributed by atoms with E-state index in [2.05, 4.69) is 23.0 Å². The topological polar surface area (TPSA) is 63.2 Å². The second-order valence-corrected chi connectivity index (χ2v) is 8.66. The first kappa shape index (κ1) is 17.3. The van der Waals surface area contributed by atoms with Crippen molar-refractivity contribution in [3.63, 3.8) is 0 Å². The average molecular weight is 347 g/mol. The summed E-state index contributed by atoms with van der Waals surface area (Å²) in [5.74, 6) is 0.507. The lowest BCUT2D eigenvalue weighted by molar-refractivity contribution is 0.414. The van der Waals surface area contributed by atoms with Crippen molar-refractivity contribution in [2.24, 2.45) is 5.92 Å². The quantitative estimate of drug-likeness (QED) is 0.853.